The minimum absolute atomic E-state index is 0.338. The first-order chi connectivity index (χ1) is 9.51. The van der Waals surface area contributed by atoms with Crippen LogP contribution in [0.5, 0.6) is 11.5 Å². The number of benzene rings is 2. The molecule has 2 N–H and O–H groups in total. The number of hydrogen-bond donors (Lipinski definition) is 1. The Hall–Kier alpha value is -2.20. The van der Waals surface area contributed by atoms with E-state index in [0.29, 0.717) is 27.8 Å². The summed E-state index contributed by atoms with van der Waals surface area (Å²) < 4.78 is 10.3. The number of rotatable bonds is 3. The summed E-state index contributed by atoms with van der Waals surface area (Å²) in [4.78, 5) is 11.4. The van der Waals surface area contributed by atoms with Crippen molar-refractivity contribution in [2.24, 2.45) is 0 Å². The van der Waals surface area contributed by atoms with E-state index in [1.807, 2.05) is 13.0 Å². The number of esters is 1. The van der Waals surface area contributed by atoms with Gasteiger partial charge >= 0.3 is 5.97 Å². The molecule has 0 aliphatic carbocycles. The number of hydrogen-bond acceptors (Lipinski definition) is 4. The van der Waals surface area contributed by atoms with Crippen molar-refractivity contribution in [3.8, 4) is 11.5 Å². The van der Waals surface area contributed by atoms with Gasteiger partial charge in [-0.2, -0.15) is 0 Å². The zero-order valence-electron chi connectivity index (χ0n) is 11.1. The second-order valence-electron chi connectivity index (χ2n) is 4.28. The summed E-state index contributed by atoms with van der Waals surface area (Å²) in [6.45, 7) is 1.94. The highest BCUT2D eigenvalue weighted by Gasteiger charge is 2.10. The second kappa shape index (κ2) is 5.84. The van der Waals surface area contributed by atoms with Gasteiger partial charge in [-0.3, -0.25) is 0 Å². The number of ether oxygens (including phenoxy) is 2. The quantitative estimate of drug-likeness (QED) is 0.690. The van der Waals surface area contributed by atoms with Gasteiger partial charge in [-0.25, -0.2) is 4.79 Å². The Morgan fingerprint density at radius 1 is 1.15 bits per heavy atom. The van der Waals surface area contributed by atoms with E-state index >= 15 is 0 Å². The van der Waals surface area contributed by atoms with Gasteiger partial charge in [0, 0.05) is 0 Å². The van der Waals surface area contributed by atoms with Gasteiger partial charge in [0.2, 0.25) is 0 Å². The molecule has 0 aliphatic heterocycles. The number of methoxy groups -OCH3 is 1. The first kappa shape index (κ1) is 14.2. The Morgan fingerprint density at radius 3 is 2.45 bits per heavy atom. The molecule has 0 spiro atoms. The minimum atomic E-state index is -0.448. The van der Waals surface area contributed by atoms with Gasteiger partial charge in [0.15, 0.2) is 0 Å². The van der Waals surface area contributed by atoms with Crippen LogP contribution < -0.4 is 10.5 Å². The molecule has 0 aromatic heterocycles. The molecule has 0 amide bonds. The maximum absolute atomic E-state index is 11.4. The van der Waals surface area contributed by atoms with E-state index in [1.54, 1.807) is 24.3 Å². The summed E-state index contributed by atoms with van der Waals surface area (Å²) in [6.07, 6.45) is 0. The number of aryl methyl sites for hydroxylation is 1. The lowest BCUT2D eigenvalue weighted by Crippen LogP contribution is -2.02. The van der Waals surface area contributed by atoms with Crippen molar-refractivity contribution < 1.29 is 14.3 Å². The van der Waals surface area contributed by atoms with Crippen molar-refractivity contribution in [2.45, 2.75) is 6.92 Å². The highest BCUT2D eigenvalue weighted by Crippen LogP contribution is 2.33. The Kier molecular flexibility index (Phi) is 4.15. The van der Waals surface area contributed by atoms with Gasteiger partial charge in [0.05, 0.1) is 23.4 Å². The van der Waals surface area contributed by atoms with Crippen molar-refractivity contribution in [2.75, 3.05) is 12.8 Å². The zero-order valence-corrected chi connectivity index (χ0v) is 11.9. The fraction of sp³-hybridized carbons (Fsp3) is 0.133. The maximum atomic E-state index is 11.4. The molecule has 2 aromatic carbocycles. The van der Waals surface area contributed by atoms with E-state index < -0.39 is 5.97 Å². The molecule has 0 atom stereocenters. The van der Waals surface area contributed by atoms with Crippen LogP contribution in [0.25, 0.3) is 0 Å². The second-order valence-corrected chi connectivity index (χ2v) is 4.69. The summed E-state index contributed by atoms with van der Waals surface area (Å²) in [5.74, 6) is 0.495. The summed E-state index contributed by atoms with van der Waals surface area (Å²) in [5.41, 5.74) is 7.61. The van der Waals surface area contributed by atoms with Crippen LogP contribution in [0.15, 0.2) is 36.4 Å². The Morgan fingerprint density at radius 2 is 1.85 bits per heavy atom. The first-order valence-corrected chi connectivity index (χ1v) is 6.31. The molecule has 0 bridgehead atoms. The zero-order chi connectivity index (χ0) is 14.7. The lowest BCUT2D eigenvalue weighted by Gasteiger charge is -2.11. The van der Waals surface area contributed by atoms with Crippen LogP contribution in [-0.4, -0.2) is 13.1 Å². The number of nitrogen functional groups attached to an aromatic ring is 1. The molecule has 5 heteroatoms. The van der Waals surface area contributed by atoms with E-state index in [-0.39, 0.29) is 0 Å². The van der Waals surface area contributed by atoms with E-state index in [9.17, 15) is 4.79 Å². The SMILES string of the molecule is COC(=O)c1ccc(Oc2ccc(C)cc2Cl)c(N)c1. The molecule has 0 aliphatic rings. The van der Waals surface area contributed by atoms with Crippen molar-refractivity contribution in [1.29, 1.82) is 0 Å². The predicted molar refractivity (Wildman–Crippen MR) is 78.5 cm³/mol. The van der Waals surface area contributed by atoms with Crippen LogP contribution >= 0.6 is 11.6 Å². The Labute approximate surface area is 122 Å². The molecular weight excluding hydrogens is 278 g/mol. The third-order valence-corrected chi connectivity index (χ3v) is 3.03. The van der Waals surface area contributed by atoms with Crippen LogP contribution in [0.4, 0.5) is 5.69 Å². The van der Waals surface area contributed by atoms with Crippen molar-refractivity contribution in [3.63, 3.8) is 0 Å². The molecule has 2 aromatic rings. The van der Waals surface area contributed by atoms with Gasteiger partial charge < -0.3 is 15.2 Å². The largest absolute Gasteiger partial charge is 0.465 e. The van der Waals surface area contributed by atoms with E-state index in [1.165, 1.54) is 13.2 Å². The first-order valence-electron chi connectivity index (χ1n) is 5.93. The Balaban J connectivity index is 2.28. The molecule has 0 saturated carbocycles. The van der Waals surface area contributed by atoms with Crippen molar-refractivity contribution in [3.05, 3.63) is 52.5 Å². The molecule has 0 saturated heterocycles. The highest BCUT2D eigenvalue weighted by atomic mass is 35.5. The third kappa shape index (κ3) is 3.03. The van der Waals surface area contributed by atoms with E-state index in [2.05, 4.69) is 4.74 Å². The summed E-state index contributed by atoms with van der Waals surface area (Å²) in [7, 11) is 1.31. The van der Waals surface area contributed by atoms with Crippen LogP contribution in [0, 0.1) is 6.92 Å². The van der Waals surface area contributed by atoms with Crippen LogP contribution in [0.2, 0.25) is 5.02 Å². The molecule has 0 fully saturated rings. The fourth-order valence-corrected chi connectivity index (χ4v) is 1.97. The van der Waals surface area contributed by atoms with Crippen LogP contribution in [0.1, 0.15) is 15.9 Å². The standard InChI is InChI=1S/C15H14ClNO3/c1-9-3-5-13(11(16)7-9)20-14-6-4-10(8-12(14)17)15(18)19-2/h3-8H,17H2,1-2H3. The number of nitrogens with two attached hydrogens (primary N) is 1. The number of halogens is 1. The molecule has 20 heavy (non-hydrogen) atoms. The fourth-order valence-electron chi connectivity index (χ4n) is 1.69. The predicted octanol–water partition coefficient (Wildman–Crippen LogP) is 3.81. The topological polar surface area (TPSA) is 61.5 Å². The maximum Gasteiger partial charge on any atom is 0.337 e. The Bertz CT molecular complexity index is 656. The van der Waals surface area contributed by atoms with Gasteiger partial charge in [-0.1, -0.05) is 17.7 Å². The monoisotopic (exact) mass is 291 g/mol. The molecule has 0 heterocycles. The number of carbonyl (C=O) groups is 1. The van der Waals surface area contributed by atoms with E-state index in [4.69, 9.17) is 22.1 Å². The third-order valence-electron chi connectivity index (χ3n) is 2.74. The van der Waals surface area contributed by atoms with Gasteiger partial charge in [-0.05, 0) is 42.8 Å². The molecule has 104 valence electrons. The smallest absolute Gasteiger partial charge is 0.337 e. The minimum Gasteiger partial charge on any atom is -0.465 e. The molecular formula is C15H14ClNO3. The van der Waals surface area contributed by atoms with Crippen molar-refractivity contribution in [1.82, 2.24) is 0 Å². The lowest BCUT2D eigenvalue weighted by atomic mass is 10.2. The summed E-state index contributed by atoms with van der Waals surface area (Å²) in [6, 6.07) is 10.2. The summed E-state index contributed by atoms with van der Waals surface area (Å²) >= 11 is 6.10. The molecule has 2 rings (SSSR count). The van der Waals surface area contributed by atoms with Gasteiger partial charge in [-0.15, -0.1) is 0 Å². The van der Waals surface area contributed by atoms with Gasteiger partial charge in [0.1, 0.15) is 11.5 Å². The molecule has 4 nitrogen and oxygen atoms in total. The van der Waals surface area contributed by atoms with Crippen molar-refractivity contribution >= 4 is 23.3 Å². The van der Waals surface area contributed by atoms with Gasteiger partial charge in [0.25, 0.3) is 0 Å². The number of anilines is 1. The van der Waals surface area contributed by atoms with Crippen LogP contribution in [0.3, 0.4) is 0 Å². The number of carbonyl (C=O) groups excluding carboxylic acids is 1. The normalized spacial score (nSPS) is 10.2. The average Bonchev–Trinajstić information content (AvgIpc) is 2.42. The molecule has 0 unspecified atom stereocenters. The average molecular weight is 292 g/mol. The summed E-state index contributed by atoms with van der Waals surface area (Å²) in [5, 5.41) is 0.501. The molecule has 0 radical (unpaired) electrons. The van der Waals surface area contributed by atoms with Crippen LogP contribution in [-0.2, 0) is 4.74 Å². The van der Waals surface area contributed by atoms with E-state index in [0.717, 1.165) is 5.56 Å². The highest BCUT2D eigenvalue weighted by molar-refractivity contribution is 6.32. The lowest BCUT2D eigenvalue weighted by molar-refractivity contribution is 0.0601.